The van der Waals surface area contributed by atoms with Gasteiger partial charge >= 0.3 is 5.97 Å². The summed E-state index contributed by atoms with van der Waals surface area (Å²) in [4.78, 5) is 25.6. The first-order valence-electron chi connectivity index (χ1n) is 10.4. The van der Waals surface area contributed by atoms with Crippen LogP contribution >= 0.6 is 11.3 Å². The molecule has 34 heavy (non-hydrogen) atoms. The molecule has 4 rings (SSSR count). The summed E-state index contributed by atoms with van der Waals surface area (Å²) in [7, 11) is -3.92. The number of thiophene rings is 1. The number of furan rings is 1. The van der Waals surface area contributed by atoms with E-state index in [-0.39, 0.29) is 32.9 Å². The Kier molecular flexibility index (Phi) is 6.67. The van der Waals surface area contributed by atoms with Gasteiger partial charge in [0.1, 0.15) is 10.6 Å². The third-order valence-corrected chi connectivity index (χ3v) is 7.52. The Hall–Kier alpha value is -3.69. The first kappa shape index (κ1) is 23.5. The van der Waals surface area contributed by atoms with E-state index in [0.29, 0.717) is 5.56 Å². The molecule has 1 amide bonds. The molecule has 0 spiro atoms. The maximum Gasteiger partial charge on any atom is 0.341 e. The Labute approximate surface area is 200 Å². The Bertz CT molecular complexity index is 1430. The highest BCUT2D eigenvalue weighted by molar-refractivity contribution is 7.91. The number of anilines is 1. The smallest absolute Gasteiger partial charge is 0.341 e. The summed E-state index contributed by atoms with van der Waals surface area (Å²) >= 11 is 1.17. The molecule has 2 heterocycles. The Morgan fingerprint density at radius 3 is 2.38 bits per heavy atom. The maximum absolute atomic E-state index is 12.9. The van der Waals surface area contributed by atoms with E-state index in [4.69, 9.17) is 9.15 Å². The second kappa shape index (κ2) is 9.66. The summed E-state index contributed by atoms with van der Waals surface area (Å²) < 4.78 is 36.3. The predicted octanol–water partition coefficient (Wildman–Crippen LogP) is 5.58. The van der Waals surface area contributed by atoms with Crippen LogP contribution in [0.15, 0.2) is 86.5 Å². The molecule has 4 aromatic rings. The van der Waals surface area contributed by atoms with Crippen molar-refractivity contribution in [3.05, 3.63) is 89.0 Å². The lowest BCUT2D eigenvalue weighted by atomic mass is 10.0. The minimum absolute atomic E-state index is 0.0646. The van der Waals surface area contributed by atoms with Crippen LogP contribution in [0.3, 0.4) is 0 Å². The average molecular weight is 496 g/mol. The molecule has 2 aromatic carbocycles. The van der Waals surface area contributed by atoms with Crippen molar-refractivity contribution < 1.29 is 27.2 Å². The molecule has 0 bridgehead atoms. The molecule has 0 atom stereocenters. The van der Waals surface area contributed by atoms with E-state index in [0.717, 1.165) is 11.1 Å². The first-order chi connectivity index (χ1) is 16.3. The van der Waals surface area contributed by atoms with Gasteiger partial charge in [-0.05, 0) is 43.7 Å². The molecule has 0 fully saturated rings. The van der Waals surface area contributed by atoms with Crippen molar-refractivity contribution in [1.82, 2.24) is 0 Å². The van der Waals surface area contributed by atoms with Gasteiger partial charge in [0.05, 0.1) is 11.5 Å². The van der Waals surface area contributed by atoms with E-state index in [9.17, 15) is 18.0 Å². The lowest BCUT2D eigenvalue weighted by Crippen LogP contribution is -2.14. The number of carbonyl (C=O) groups is 2. The number of ether oxygens (including phenoxy) is 1. The molecule has 0 saturated carbocycles. The summed E-state index contributed by atoms with van der Waals surface area (Å²) in [6, 6.07) is 18.1. The van der Waals surface area contributed by atoms with Gasteiger partial charge < -0.3 is 14.5 Å². The van der Waals surface area contributed by atoms with E-state index >= 15 is 0 Å². The number of benzene rings is 2. The van der Waals surface area contributed by atoms with Crippen molar-refractivity contribution in [2.75, 3.05) is 11.9 Å². The van der Waals surface area contributed by atoms with Crippen molar-refractivity contribution >= 4 is 38.1 Å². The van der Waals surface area contributed by atoms with Gasteiger partial charge in [0, 0.05) is 10.9 Å². The number of nitrogens with one attached hydrogen (secondary N) is 1. The number of aryl methyl sites for hydroxylation is 1. The van der Waals surface area contributed by atoms with E-state index in [2.05, 4.69) is 5.32 Å². The molecule has 1 N–H and O–H groups in total. The van der Waals surface area contributed by atoms with Crippen LogP contribution in [-0.4, -0.2) is 26.9 Å². The molecule has 0 unspecified atom stereocenters. The first-order valence-corrected chi connectivity index (χ1v) is 12.7. The molecule has 7 nitrogen and oxygen atoms in total. The highest BCUT2D eigenvalue weighted by atomic mass is 32.2. The topological polar surface area (TPSA) is 103 Å². The van der Waals surface area contributed by atoms with Gasteiger partial charge in [-0.1, -0.05) is 48.0 Å². The lowest BCUT2D eigenvalue weighted by Gasteiger charge is -2.08. The minimum Gasteiger partial charge on any atom is -0.462 e. The third-order valence-electron chi connectivity index (χ3n) is 4.98. The van der Waals surface area contributed by atoms with E-state index in [1.54, 1.807) is 24.4 Å². The van der Waals surface area contributed by atoms with E-state index < -0.39 is 21.7 Å². The highest BCUT2D eigenvalue weighted by Crippen LogP contribution is 2.36. The summed E-state index contributed by atoms with van der Waals surface area (Å²) in [5.41, 5.74) is 2.57. The number of amides is 1. The molecule has 9 heteroatoms. The number of hydrogen-bond acceptors (Lipinski definition) is 7. The lowest BCUT2D eigenvalue weighted by molar-refractivity contribution is 0.0529. The Balaban J connectivity index is 1.63. The van der Waals surface area contributed by atoms with Gasteiger partial charge in [-0.25, -0.2) is 13.2 Å². The largest absolute Gasteiger partial charge is 0.462 e. The van der Waals surface area contributed by atoms with Gasteiger partial charge in [-0.15, -0.1) is 11.3 Å². The number of hydrogen-bond donors (Lipinski definition) is 1. The van der Waals surface area contributed by atoms with Crippen LogP contribution in [0.25, 0.3) is 11.1 Å². The second-order valence-electron chi connectivity index (χ2n) is 7.33. The summed E-state index contributed by atoms with van der Waals surface area (Å²) in [5.74, 6) is -1.45. The number of carbonyl (C=O) groups excluding carboxylic acids is 2. The molecular formula is C25H21NO6S2. The van der Waals surface area contributed by atoms with Gasteiger partial charge in [-0.3, -0.25) is 4.79 Å². The van der Waals surface area contributed by atoms with Gasteiger partial charge in [-0.2, -0.15) is 0 Å². The quantitative estimate of drug-likeness (QED) is 0.336. The normalized spacial score (nSPS) is 11.2. The summed E-state index contributed by atoms with van der Waals surface area (Å²) in [5, 5.41) is 4.35. The zero-order valence-corrected chi connectivity index (χ0v) is 20.0. The molecule has 0 aliphatic rings. The number of esters is 1. The van der Waals surface area contributed by atoms with Crippen LogP contribution < -0.4 is 5.32 Å². The second-order valence-corrected chi connectivity index (χ2v) is 10.1. The Morgan fingerprint density at radius 2 is 1.71 bits per heavy atom. The average Bonchev–Trinajstić information content (AvgIpc) is 3.48. The standard InChI is InChI=1S/C25H21NO6S2/c1-3-31-25(28)22-19(17-7-5-4-6-8-17)15-33-24(22)26-23(27)20-13-14-21(32-20)34(29,30)18-11-9-16(2)10-12-18/h4-15H,3H2,1-2H3,(H,26,27). The zero-order valence-electron chi connectivity index (χ0n) is 18.4. The molecule has 2 aromatic heterocycles. The molecule has 174 valence electrons. The molecule has 0 radical (unpaired) electrons. The van der Waals surface area contributed by atoms with E-state index in [1.807, 2.05) is 37.3 Å². The Morgan fingerprint density at radius 1 is 1.00 bits per heavy atom. The van der Waals surface area contributed by atoms with Crippen LogP contribution in [0.4, 0.5) is 5.00 Å². The van der Waals surface area contributed by atoms with Crippen molar-refractivity contribution in [3.63, 3.8) is 0 Å². The molecule has 0 saturated heterocycles. The zero-order chi connectivity index (χ0) is 24.3. The number of sulfone groups is 1. The third kappa shape index (κ3) is 4.66. The number of rotatable bonds is 7. The summed E-state index contributed by atoms with van der Waals surface area (Å²) in [6.45, 7) is 3.72. The van der Waals surface area contributed by atoms with Gasteiger partial charge in [0.2, 0.25) is 14.9 Å². The minimum atomic E-state index is -3.92. The van der Waals surface area contributed by atoms with Gasteiger partial charge in [0.25, 0.3) is 5.91 Å². The van der Waals surface area contributed by atoms with Crippen molar-refractivity contribution in [1.29, 1.82) is 0 Å². The van der Waals surface area contributed by atoms with Crippen LogP contribution in [0, 0.1) is 6.92 Å². The van der Waals surface area contributed by atoms with Crippen LogP contribution in [0.1, 0.15) is 33.4 Å². The van der Waals surface area contributed by atoms with Crippen molar-refractivity contribution in [3.8, 4) is 11.1 Å². The van der Waals surface area contributed by atoms with Crippen LogP contribution in [0.2, 0.25) is 0 Å². The SMILES string of the molecule is CCOC(=O)c1c(-c2ccccc2)csc1NC(=O)c1ccc(S(=O)(=O)c2ccc(C)cc2)o1. The van der Waals surface area contributed by atoms with Crippen LogP contribution in [-0.2, 0) is 14.6 Å². The van der Waals surface area contributed by atoms with Crippen molar-refractivity contribution in [2.24, 2.45) is 0 Å². The fraction of sp³-hybridized carbons (Fsp3) is 0.120. The molecule has 0 aliphatic heterocycles. The fourth-order valence-electron chi connectivity index (χ4n) is 3.27. The maximum atomic E-state index is 12.9. The predicted molar refractivity (Wildman–Crippen MR) is 129 cm³/mol. The monoisotopic (exact) mass is 495 g/mol. The van der Waals surface area contributed by atoms with Crippen molar-refractivity contribution in [2.45, 2.75) is 23.8 Å². The highest BCUT2D eigenvalue weighted by Gasteiger charge is 2.26. The van der Waals surface area contributed by atoms with Crippen LogP contribution in [0.5, 0.6) is 0 Å². The molecule has 0 aliphatic carbocycles. The molecular weight excluding hydrogens is 474 g/mol. The van der Waals surface area contributed by atoms with E-state index in [1.165, 1.54) is 35.6 Å². The summed E-state index contributed by atoms with van der Waals surface area (Å²) in [6.07, 6.45) is 0. The van der Waals surface area contributed by atoms with Gasteiger partial charge in [0.15, 0.2) is 5.76 Å². The fourth-order valence-corrected chi connectivity index (χ4v) is 5.40.